The zero-order chi connectivity index (χ0) is 12.1. The molecule has 1 rings (SSSR count). The number of halogens is 1. The number of rotatable bonds is 4. The van der Waals surface area contributed by atoms with Crippen molar-refractivity contribution in [2.24, 2.45) is 4.99 Å². The van der Waals surface area contributed by atoms with Crippen molar-refractivity contribution in [2.45, 2.75) is 6.92 Å². The Hall–Kier alpha value is -1.07. The maximum Gasteiger partial charge on any atom is 0.188 e. The van der Waals surface area contributed by atoms with Gasteiger partial charge in [-0.15, -0.1) is 0 Å². The summed E-state index contributed by atoms with van der Waals surface area (Å²) in [6.45, 7) is 2.10. The molecule has 0 fully saturated rings. The van der Waals surface area contributed by atoms with Crippen molar-refractivity contribution in [2.75, 3.05) is 26.7 Å². The van der Waals surface area contributed by atoms with E-state index in [1.165, 1.54) is 0 Å². The summed E-state index contributed by atoms with van der Waals surface area (Å²) in [6.07, 6.45) is 1.72. The van der Waals surface area contributed by atoms with E-state index in [-0.39, 0.29) is 6.79 Å². The van der Waals surface area contributed by atoms with E-state index in [0.29, 0.717) is 11.4 Å². The van der Waals surface area contributed by atoms with Crippen LogP contribution in [0.4, 0.5) is 5.69 Å². The van der Waals surface area contributed by atoms with Crippen LogP contribution in [-0.4, -0.2) is 27.2 Å². The molecule has 0 atom stereocenters. The van der Waals surface area contributed by atoms with Crippen molar-refractivity contribution in [3.63, 3.8) is 0 Å². The average molecular weight is 287 g/mol. The van der Waals surface area contributed by atoms with E-state index in [0.717, 1.165) is 15.6 Å². The highest BCUT2D eigenvalue weighted by Gasteiger charge is 2.11. The van der Waals surface area contributed by atoms with Gasteiger partial charge in [0.2, 0.25) is 0 Å². The Morgan fingerprint density at radius 3 is 2.81 bits per heavy atom. The molecule has 1 aromatic carbocycles. The van der Waals surface area contributed by atoms with E-state index in [4.69, 9.17) is 15.2 Å². The fourth-order valence-corrected chi connectivity index (χ4v) is 2.00. The third-order valence-electron chi connectivity index (χ3n) is 2.14. The second kappa shape index (κ2) is 5.86. The number of aliphatic imine (C=N–C) groups is 1. The van der Waals surface area contributed by atoms with Gasteiger partial charge < -0.3 is 15.2 Å². The normalized spacial score (nSPS) is 11.0. The molecule has 0 bridgehead atoms. The Morgan fingerprint density at radius 2 is 2.25 bits per heavy atom. The molecule has 4 nitrogen and oxygen atoms in total. The first kappa shape index (κ1) is 13.0. The standard InChI is InChI=1S/C11H15BrN2O2/c1-7-10(13)8(5-14-2)4-9(12)11(7)16-6-15-3/h4-5H,6,13H2,1-3H3. The molecule has 88 valence electrons. The van der Waals surface area contributed by atoms with Crippen LogP contribution in [0.1, 0.15) is 11.1 Å². The number of anilines is 1. The smallest absolute Gasteiger partial charge is 0.188 e. The number of benzene rings is 1. The van der Waals surface area contributed by atoms with Gasteiger partial charge in [-0.2, -0.15) is 0 Å². The molecule has 1 aromatic rings. The highest BCUT2D eigenvalue weighted by Crippen LogP contribution is 2.34. The quantitative estimate of drug-likeness (QED) is 0.525. The van der Waals surface area contributed by atoms with Gasteiger partial charge in [-0.3, -0.25) is 4.99 Å². The minimum Gasteiger partial charge on any atom is -0.466 e. The third kappa shape index (κ3) is 2.74. The molecule has 0 spiro atoms. The minimum absolute atomic E-state index is 0.195. The first-order chi connectivity index (χ1) is 7.61. The van der Waals surface area contributed by atoms with Crippen LogP contribution in [0, 0.1) is 6.92 Å². The van der Waals surface area contributed by atoms with E-state index >= 15 is 0 Å². The van der Waals surface area contributed by atoms with Crippen LogP contribution in [-0.2, 0) is 4.74 Å². The number of ether oxygens (including phenoxy) is 2. The number of nitrogens with zero attached hydrogens (tertiary/aromatic N) is 1. The number of hydrogen-bond donors (Lipinski definition) is 1. The lowest BCUT2D eigenvalue weighted by atomic mass is 10.1. The predicted octanol–water partition coefficient (Wildman–Crippen LogP) is 2.37. The second-order valence-corrected chi connectivity index (χ2v) is 4.11. The zero-order valence-corrected chi connectivity index (χ0v) is 11.2. The summed E-state index contributed by atoms with van der Waals surface area (Å²) < 4.78 is 11.1. The highest BCUT2D eigenvalue weighted by atomic mass is 79.9. The molecule has 0 aliphatic heterocycles. The molecular weight excluding hydrogens is 272 g/mol. The Balaban J connectivity index is 3.17. The molecule has 2 N–H and O–H groups in total. The predicted molar refractivity (Wildman–Crippen MR) is 69.3 cm³/mol. The lowest BCUT2D eigenvalue weighted by molar-refractivity contribution is 0.0501. The molecule has 16 heavy (non-hydrogen) atoms. The van der Waals surface area contributed by atoms with Gasteiger partial charge >= 0.3 is 0 Å². The van der Waals surface area contributed by atoms with Crippen LogP contribution >= 0.6 is 15.9 Å². The maximum atomic E-state index is 5.98. The fourth-order valence-electron chi connectivity index (χ4n) is 1.34. The number of nitrogens with two attached hydrogens (primary N) is 1. The summed E-state index contributed by atoms with van der Waals surface area (Å²) in [7, 11) is 3.28. The topological polar surface area (TPSA) is 56.8 Å². The average Bonchev–Trinajstić information content (AvgIpc) is 2.26. The summed E-state index contributed by atoms with van der Waals surface area (Å²) in [6, 6.07) is 1.88. The van der Waals surface area contributed by atoms with Crippen LogP contribution in [0.5, 0.6) is 5.75 Å². The first-order valence-corrected chi connectivity index (χ1v) is 5.53. The lowest BCUT2D eigenvalue weighted by Gasteiger charge is -2.14. The van der Waals surface area contributed by atoms with Crippen molar-refractivity contribution in [1.29, 1.82) is 0 Å². The van der Waals surface area contributed by atoms with Crippen LogP contribution < -0.4 is 10.5 Å². The fraction of sp³-hybridized carbons (Fsp3) is 0.364. The molecule has 0 unspecified atom stereocenters. The number of hydrogen-bond acceptors (Lipinski definition) is 4. The van der Waals surface area contributed by atoms with Gasteiger partial charge in [-0.05, 0) is 28.9 Å². The van der Waals surface area contributed by atoms with E-state index < -0.39 is 0 Å². The molecule has 0 radical (unpaired) electrons. The van der Waals surface area contributed by atoms with E-state index in [1.807, 2.05) is 13.0 Å². The van der Waals surface area contributed by atoms with Crippen molar-refractivity contribution in [3.8, 4) is 5.75 Å². The molecule has 5 heteroatoms. The van der Waals surface area contributed by atoms with Crippen molar-refractivity contribution >= 4 is 27.8 Å². The molecule has 0 heterocycles. The molecular formula is C11H15BrN2O2. The Kier molecular flexibility index (Phi) is 4.76. The molecule has 0 aromatic heterocycles. The summed E-state index contributed by atoms with van der Waals surface area (Å²) in [5, 5.41) is 0. The maximum absolute atomic E-state index is 5.98. The largest absolute Gasteiger partial charge is 0.466 e. The van der Waals surface area contributed by atoms with Gasteiger partial charge in [0, 0.05) is 37.2 Å². The van der Waals surface area contributed by atoms with Gasteiger partial charge in [-0.25, -0.2) is 0 Å². The molecule has 0 saturated carbocycles. The van der Waals surface area contributed by atoms with Crippen LogP contribution in [0.15, 0.2) is 15.5 Å². The van der Waals surface area contributed by atoms with Gasteiger partial charge in [-0.1, -0.05) is 0 Å². The van der Waals surface area contributed by atoms with Gasteiger partial charge in [0.15, 0.2) is 6.79 Å². The molecule has 0 aliphatic carbocycles. The SMILES string of the molecule is CN=Cc1cc(Br)c(OCOC)c(C)c1N. The molecule has 0 aliphatic rings. The second-order valence-electron chi connectivity index (χ2n) is 3.25. The van der Waals surface area contributed by atoms with Crippen LogP contribution in [0.2, 0.25) is 0 Å². The Bertz CT molecular complexity index is 405. The third-order valence-corrected chi connectivity index (χ3v) is 2.73. The highest BCUT2D eigenvalue weighted by molar-refractivity contribution is 9.10. The van der Waals surface area contributed by atoms with E-state index in [9.17, 15) is 0 Å². The van der Waals surface area contributed by atoms with Gasteiger partial charge in [0.05, 0.1) is 4.47 Å². The summed E-state index contributed by atoms with van der Waals surface area (Å²) in [5.74, 6) is 0.701. The van der Waals surface area contributed by atoms with E-state index in [2.05, 4.69) is 20.9 Å². The Labute approximate surface area is 104 Å². The summed E-state index contributed by atoms with van der Waals surface area (Å²) in [4.78, 5) is 3.95. The number of nitrogen functional groups attached to an aromatic ring is 1. The van der Waals surface area contributed by atoms with Crippen molar-refractivity contribution in [1.82, 2.24) is 0 Å². The minimum atomic E-state index is 0.195. The number of methoxy groups -OCH3 is 1. The summed E-state index contributed by atoms with van der Waals surface area (Å²) >= 11 is 3.43. The Morgan fingerprint density at radius 1 is 1.56 bits per heavy atom. The molecule has 0 amide bonds. The zero-order valence-electron chi connectivity index (χ0n) is 9.58. The van der Waals surface area contributed by atoms with Crippen molar-refractivity contribution < 1.29 is 9.47 Å². The van der Waals surface area contributed by atoms with Gasteiger partial charge in [0.25, 0.3) is 0 Å². The van der Waals surface area contributed by atoms with Crippen molar-refractivity contribution in [3.05, 3.63) is 21.7 Å². The van der Waals surface area contributed by atoms with Gasteiger partial charge in [0.1, 0.15) is 5.75 Å². The monoisotopic (exact) mass is 286 g/mol. The molecule has 0 saturated heterocycles. The van der Waals surface area contributed by atoms with E-state index in [1.54, 1.807) is 20.4 Å². The first-order valence-electron chi connectivity index (χ1n) is 4.74. The van der Waals surface area contributed by atoms with Crippen LogP contribution in [0.3, 0.4) is 0 Å². The van der Waals surface area contributed by atoms with Crippen LogP contribution in [0.25, 0.3) is 0 Å². The lowest BCUT2D eigenvalue weighted by Crippen LogP contribution is -2.05. The summed E-state index contributed by atoms with van der Waals surface area (Å²) in [5.41, 5.74) is 8.39.